The predicted octanol–water partition coefficient (Wildman–Crippen LogP) is 3.01. The number of amides is 1. The molecule has 0 atom stereocenters. The maximum atomic E-state index is 12.8. The van der Waals surface area contributed by atoms with Crippen molar-refractivity contribution in [2.75, 3.05) is 36.7 Å². The van der Waals surface area contributed by atoms with E-state index < -0.39 is 11.9 Å². The van der Waals surface area contributed by atoms with E-state index in [0.29, 0.717) is 35.6 Å². The van der Waals surface area contributed by atoms with Gasteiger partial charge < -0.3 is 19.7 Å². The van der Waals surface area contributed by atoms with Gasteiger partial charge in [-0.25, -0.2) is 9.59 Å². The zero-order chi connectivity index (χ0) is 21.4. The van der Waals surface area contributed by atoms with Gasteiger partial charge in [0.1, 0.15) is 5.00 Å². The summed E-state index contributed by atoms with van der Waals surface area (Å²) in [5, 5.41) is 5.57. The molecule has 7 nitrogen and oxygen atoms in total. The molecular weight excluding hydrogens is 412 g/mol. The third-order valence-corrected chi connectivity index (χ3v) is 6.42. The fourth-order valence-electron chi connectivity index (χ4n) is 3.01. The van der Waals surface area contributed by atoms with Crippen LogP contribution in [0.4, 0.5) is 5.00 Å². The second-order valence-electron chi connectivity index (χ2n) is 6.25. The summed E-state index contributed by atoms with van der Waals surface area (Å²) in [4.78, 5) is 37.6. The third-order valence-electron chi connectivity index (χ3n) is 4.45. The molecule has 1 aliphatic rings. The van der Waals surface area contributed by atoms with E-state index >= 15 is 0 Å². The van der Waals surface area contributed by atoms with E-state index in [1.165, 1.54) is 7.11 Å². The topological polar surface area (TPSA) is 84.9 Å². The Kier molecular flexibility index (Phi) is 8.78. The summed E-state index contributed by atoms with van der Waals surface area (Å²) in [7, 11) is 1.34. The predicted molar refractivity (Wildman–Crippen MR) is 116 cm³/mol. The first-order chi connectivity index (χ1) is 14.0. The Balaban J connectivity index is 2.50. The van der Waals surface area contributed by atoms with Crippen LogP contribution in [-0.4, -0.2) is 50.1 Å². The highest BCUT2D eigenvalue weighted by Crippen LogP contribution is 2.41. The van der Waals surface area contributed by atoms with E-state index in [2.05, 4.69) is 5.32 Å². The standard InChI is InChI=1S/C20H26N2O5S2/c1-5-27-20(25)16-10-15(19(24)26-4)14(3)22(18-13(2)6-8-29-18)17(16)11-28-9-7-21-12-23/h6,8,12H,5,7,9-11H2,1-4H3,(H,21,23). The Labute approximate surface area is 179 Å². The Morgan fingerprint density at radius 2 is 2.07 bits per heavy atom. The molecule has 0 unspecified atom stereocenters. The fourth-order valence-corrected chi connectivity index (χ4v) is 4.92. The van der Waals surface area contributed by atoms with Gasteiger partial charge in [-0.1, -0.05) is 0 Å². The number of hydrogen-bond acceptors (Lipinski definition) is 8. The number of ether oxygens (including phenoxy) is 2. The van der Waals surface area contributed by atoms with Crippen LogP contribution in [0, 0.1) is 6.92 Å². The number of carbonyl (C=O) groups excluding carboxylic acids is 3. The van der Waals surface area contributed by atoms with Crippen LogP contribution in [-0.2, 0) is 23.9 Å². The number of nitrogens with one attached hydrogen (secondary N) is 1. The van der Waals surface area contributed by atoms with Crippen LogP contribution < -0.4 is 10.2 Å². The molecule has 0 spiro atoms. The van der Waals surface area contributed by atoms with Crippen molar-refractivity contribution in [3.05, 3.63) is 39.6 Å². The molecule has 0 radical (unpaired) electrons. The van der Waals surface area contributed by atoms with Crippen molar-refractivity contribution in [2.45, 2.75) is 27.2 Å². The van der Waals surface area contributed by atoms with Crippen LogP contribution in [0.3, 0.4) is 0 Å². The third kappa shape index (κ3) is 5.42. The van der Waals surface area contributed by atoms with Gasteiger partial charge in [-0.3, -0.25) is 4.79 Å². The second kappa shape index (κ2) is 11.1. The van der Waals surface area contributed by atoms with Gasteiger partial charge in [-0.2, -0.15) is 11.8 Å². The summed E-state index contributed by atoms with van der Waals surface area (Å²) < 4.78 is 10.3. The van der Waals surface area contributed by atoms with Gasteiger partial charge in [0.25, 0.3) is 0 Å². The summed E-state index contributed by atoms with van der Waals surface area (Å²) in [5.41, 5.74) is 3.50. The Morgan fingerprint density at radius 3 is 2.66 bits per heavy atom. The van der Waals surface area contributed by atoms with Gasteiger partial charge in [0.05, 0.1) is 24.9 Å². The fraction of sp³-hybridized carbons (Fsp3) is 0.450. The quantitative estimate of drug-likeness (QED) is 0.341. The van der Waals surface area contributed by atoms with E-state index in [0.717, 1.165) is 22.0 Å². The zero-order valence-corrected chi connectivity index (χ0v) is 18.7. The Morgan fingerprint density at radius 1 is 1.31 bits per heavy atom. The number of allylic oxidation sites excluding steroid dienone is 1. The molecule has 2 rings (SSSR count). The average molecular weight is 439 g/mol. The van der Waals surface area contributed by atoms with E-state index in [1.807, 2.05) is 30.2 Å². The summed E-state index contributed by atoms with van der Waals surface area (Å²) in [5.74, 6) is 0.354. The number of aryl methyl sites for hydroxylation is 1. The number of esters is 2. The summed E-state index contributed by atoms with van der Waals surface area (Å²) in [6, 6.07) is 2.00. The molecule has 0 bridgehead atoms. The minimum absolute atomic E-state index is 0.167. The van der Waals surface area contributed by atoms with E-state index in [4.69, 9.17) is 9.47 Å². The molecule has 2 heterocycles. The zero-order valence-electron chi connectivity index (χ0n) is 17.1. The van der Waals surface area contributed by atoms with E-state index in [9.17, 15) is 14.4 Å². The van der Waals surface area contributed by atoms with Crippen molar-refractivity contribution in [2.24, 2.45) is 0 Å². The molecule has 1 aliphatic heterocycles. The van der Waals surface area contributed by atoms with Crippen molar-refractivity contribution < 1.29 is 23.9 Å². The van der Waals surface area contributed by atoms with Crippen molar-refractivity contribution in [3.8, 4) is 0 Å². The number of anilines is 1. The molecule has 0 fully saturated rings. The first-order valence-electron chi connectivity index (χ1n) is 9.22. The molecule has 0 saturated carbocycles. The number of carbonyl (C=O) groups is 3. The Bertz CT molecular complexity index is 829. The molecular formula is C20H26N2O5S2. The van der Waals surface area contributed by atoms with Gasteiger partial charge in [0.15, 0.2) is 0 Å². The molecule has 1 aromatic heterocycles. The molecule has 1 aromatic rings. The number of nitrogens with zero attached hydrogens (tertiary/aromatic N) is 1. The lowest BCUT2D eigenvalue weighted by molar-refractivity contribution is -0.138. The number of methoxy groups -OCH3 is 1. The van der Waals surface area contributed by atoms with Gasteiger partial charge >= 0.3 is 11.9 Å². The molecule has 0 aliphatic carbocycles. The maximum Gasteiger partial charge on any atom is 0.336 e. The van der Waals surface area contributed by atoms with Crippen LogP contribution in [0.15, 0.2) is 34.0 Å². The van der Waals surface area contributed by atoms with E-state index in [1.54, 1.807) is 30.0 Å². The van der Waals surface area contributed by atoms with E-state index in [-0.39, 0.29) is 13.0 Å². The maximum absolute atomic E-state index is 12.8. The first kappa shape index (κ1) is 23.0. The highest BCUT2D eigenvalue weighted by atomic mass is 32.2. The number of rotatable bonds is 10. The van der Waals surface area contributed by atoms with Gasteiger partial charge in [-0.15, -0.1) is 11.3 Å². The lowest BCUT2D eigenvalue weighted by Gasteiger charge is -2.34. The lowest BCUT2D eigenvalue weighted by atomic mass is 9.96. The molecule has 9 heteroatoms. The second-order valence-corrected chi connectivity index (χ2v) is 8.25. The molecule has 29 heavy (non-hydrogen) atoms. The Hall–Kier alpha value is -2.26. The van der Waals surface area contributed by atoms with Crippen LogP contribution in [0.25, 0.3) is 0 Å². The number of thiophene rings is 1. The molecule has 1 N–H and O–H groups in total. The summed E-state index contributed by atoms with van der Waals surface area (Å²) in [6.07, 6.45) is 0.835. The lowest BCUT2D eigenvalue weighted by Crippen LogP contribution is -2.33. The monoisotopic (exact) mass is 438 g/mol. The smallest absolute Gasteiger partial charge is 0.336 e. The van der Waals surface area contributed by atoms with Crippen molar-refractivity contribution in [1.82, 2.24) is 5.32 Å². The van der Waals surface area contributed by atoms with Crippen molar-refractivity contribution >= 4 is 46.4 Å². The van der Waals surface area contributed by atoms with Crippen LogP contribution in [0.2, 0.25) is 0 Å². The van der Waals surface area contributed by atoms with Gasteiger partial charge in [-0.05, 0) is 37.8 Å². The van der Waals surface area contributed by atoms with Crippen molar-refractivity contribution in [3.63, 3.8) is 0 Å². The number of hydrogen-bond donors (Lipinski definition) is 1. The van der Waals surface area contributed by atoms with Crippen LogP contribution in [0.5, 0.6) is 0 Å². The van der Waals surface area contributed by atoms with Gasteiger partial charge in [0.2, 0.25) is 6.41 Å². The average Bonchev–Trinajstić information content (AvgIpc) is 3.13. The summed E-state index contributed by atoms with van der Waals surface area (Å²) >= 11 is 3.15. The minimum Gasteiger partial charge on any atom is -0.466 e. The highest BCUT2D eigenvalue weighted by Gasteiger charge is 2.34. The minimum atomic E-state index is -0.453. The molecule has 0 aromatic carbocycles. The first-order valence-corrected chi connectivity index (χ1v) is 11.3. The largest absolute Gasteiger partial charge is 0.466 e. The van der Waals surface area contributed by atoms with Crippen LogP contribution in [0.1, 0.15) is 25.8 Å². The summed E-state index contributed by atoms with van der Waals surface area (Å²) in [6.45, 7) is 6.40. The molecule has 1 amide bonds. The van der Waals surface area contributed by atoms with Gasteiger partial charge in [0, 0.05) is 35.9 Å². The highest BCUT2D eigenvalue weighted by molar-refractivity contribution is 7.99. The van der Waals surface area contributed by atoms with Crippen molar-refractivity contribution in [1.29, 1.82) is 0 Å². The SMILES string of the molecule is CCOC(=O)C1=C(CSCCNC=O)N(c2sccc2C)C(C)=C(C(=O)OC)C1. The van der Waals surface area contributed by atoms with Crippen LogP contribution >= 0.6 is 23.1 Å². The normalized spacial score (nSPS) is 14.1. The molecule has 0 saturated heterocycles. The molecule has 158 valence electrons. The number of thioether (sulfide) groups is 1.